The normalized spacial score (nSPS) is 10.8. The van der Waals surface area contributed by atoms with Gasteiger partial charge in [0.2, 0.25) is 0 Å². The van der Waals surface area contributed by atoms with Crippen molar-refractivity contribution in [3.8, 4) is 5.75 Å². The maximum absolute atomic E-state index is 12.5. The van der Waals surface area contributed by atoms with Gasteiger partial charge in [0.25, 0.3) is 5.91 Å². The van der Waals surface area contributed by atoms with Gasteiger partial charge in [-0.05, 0) is 59.5 Å². The highest BCUT2D eigenvalue weighted by molar-refractivity contribution is 6.42. The van der Waals surface area contributed by atoms with Gasteiger partial charge in [0.15, 0.2) is 0 Å². The van der Waals surface area contributed by atoms with E-state index < -0.39 is 0 Å². The number of carbonyl (C=O) groups excluding carboxylic acids is 1. The molecule has 0 unspecified atom stereocenters. The molecule has 0 heterocycles. The van der Waals surface area contributed by atoms with Gasteiger partial charge in [-0.3, -0.25) is 4.79 Å². The van der Waals surface area contributed by atoms with Crippen LogP contribution in [0.3, 0.4) is 0 Å². The third-order valence-corrected chi connectivity index (χ3v) is 5.06. The van der Waals surface area contributed by atoms with Crippen LogP contribution in [0, 0.1) is 0 Å². The number of rotatable bonds is 6. The zero-order valence-corrected chi connectivity index (χ0v) is 17.2. The highest BCUT2D eigenvalue weighted by Gasteiger charge is 2.08. The first kappa shape index (κ1) is 20.2. The van der Waals surface area contributed by atoms with Crippen molar-refractivity contribution in [3.63, 3.8) is 0 Å². The molecule has 0 radical (unpaired) electrons. The lowest BCUT2D eigenvalue weighted by Gasteiger charge is -2.10. The number of hydrogen-bond donors (Lipinski definition) is 1. The lowest BCUT2D eigenvalue weighted by Crippen LogP contribution is -2.12. The summed E-state index contributed by atoms with van der Waals surface area (Å²) in [7, 11) is 0. The van der Waals surface area contributed by atoms with Crippen LogP contribution in [-0.4, -0.2) is 5.91 Å². The molecule has 0 bridgehead atoms. The van der Waals surface area contributed by atoms with Crippen molar-refractivity contribution in [3.05, 3.63) is 93.5 Å². The Morgan fingerprint density at radius 1 is 0.964 bits per heavy atom. The van der Waals surface area contributed by atoms with Crippen molar-refractivity contribution in [2.24, 2.45) is 0 Å². The Morgan fingerprint density at radius 3 is 2.39 bits per heavy atom. The molecular formula is C23H21Cl2NO2. The number of anilines is 1. The fraction of sp³-hybridized carbons (Fsp3) is 0.174. The smallest absolute Gasteiger partial charge is 0.255 e. The van der Waals surface area contributed by atoms with Gasteiger partial charge < -0.3 is 10.1 Å². The number of ether oxygens (including phenoxy) is 1. The predicted octanol–water partition coefficient (Wildman–Crippen LogP) is 6.95. The molecule has 3 nitrogen and oxygen atoms in total. The second-order valence-electron chi connectivity index (χ2n) is 6.80. The molecule has 3 aromatic carbocycles. The van der Waals surface area contributed by atoms with Crippen LogP contribution in [0.1, 0.15) is 41.3 Å². The zero-order valence-electron chi connectivity index (χ0n) is 15.7. The summed E-state index contributed by atoms with van der Waals surface area (Å²) in [6.07, 6.45) is 0. The molecule has 5 heteroatoms. The molecule has 3 aromatic rings. The lowest BCUT2D eigenvalue weighted by atomic mass is 10.0. The van der Waals surface area contributed by atoms with E-state index in [1.807, 2.05) is 36.4 Å². The van der Waals surface area contributed by atoms with E-state index in [0.717, 1.165) is 11.3 Å². The average molecular weight is 414 g/mol. The van der Waals surface area contributed by atoms with Crippen LogP contribution in [0.4, 0.5) is 5.69 Å². The number of halogens is 2. The third kappa shape index (κ3) is 5.28. The monoisotopic (exact) mass is 413 g/mol. The van der Waals surface area contributed by atoms with E-state index in [1.54, 1.807) is 30.3 Å². The third-order valence-electron chi connectivity index (χ3n) is 4.32. The van der Waals surface area contributed by atoms with Crippen LogP contribution < -0.4 is 10.1 Å². The molecule has 1 amide bonds. The van der Waals surface area contributed by atoms with Crippen molar-refractivity contribution >= 4 is 34.8 Å². The zero-order chi connectivity index (χ0) is 20.1. The fourth-order valence-corrected chi connectivity index (χ4v) is 3.00. The van der Waals surface area contributed by atoms with Gasteiger partial charge >= 0.3 is 0 Å². The molecule has 0 atom stereocenters. The predicted molar refractivity (Wildman–Crippen MR) is 116 cm³/mol. The number of carbonyl (C=O) groups is 1. The highest BCUT2D eigenvalue weighted by atomic mass is 35.5. The molecule has 0 aliphatic heterocycles. The first-order valence-corrected chi connectivity index (χ1v) is 9.76. The Hall–Kier alpha value is -2.49. The van der Waals surface area contributed by atoms with Crippen LogP contribution >= 0.6 is 23.2 Å². The highest BCUT2D eigenvalue weighted by Crippen LogP contribution is 2.24. The molecule has 0 aliphatic rings. The molecule has 3 rings (SSSR count). The Balaban J connectivity index is 1.64. The quantitative estimate of drug-likeness (QED) is 0.474. The summed E-state index contributed by atoms with van der Waals surface area (Å²) >= 11 is 12.0. The summed E-state index contributed by atoms with van der Waals surface area (Å²) in [4.78, 5) is 12.5. The molecule has 0 saturated carbocycles. The molecule has 28 heavy (non-hydrogen) atoms. The first-order chi connectivity index (χ1) is 13.4. The summed E-state index contributed by atoms with van der Waals surface area (Å²) in [5, 5.41) is 3.90. The number of hydrogen-bond acceptors (Lipinski definition) is 2. The summed E-state index contributed by atoms with van der Waals surface area (Å²) in [6.45, 7) is 4.60. The van der Waals surface area contributed by atoms with Crippen molar-refractivity contribution in [2.75, 3.05) is 5.32 Å². The van der Waals surface area contributed by atoms with Gasteiger partial charge in [-0.15, -0.1) is 0 Å². The minimum Gasteiger partial charge on any atom is -0.489 e. The maximum atomic E-state index is 12.5. The van der Waals surface area contributed by atoms with E-state index in [0.29, 0.717) is 33.9 Å². The van der Waals surface area contributed by atoms with Crippen LogP contribution in [0.2, 0.25) is 10.0 Å². The second kappa shape index (κ2) is 9.13. The molecule has 0 aromatic heterocycles. The average Bonchev–Trinajstić information content (AvgIpc) is 2.69. The van der Waals surface area contributed by atoms with E-state index in [1.165, 1.54) is 5.56 Å². The summed E-state index contributed by atoms with van der Waals surface area (Å²) in [6, 6.07) is 20.3. The van der Waals surface area contributed by atoms with Crippen molar-refractivity contribution in [2.45, 2.75) is 26.4 Å². The Bertz CT molecular complexity index is 969. The standard InChI is InChI=1S/C23H21Cl2NO2/c1-15(2)17-7-9-19(10-8-17)26-23(27)18-4-3-5-20(13-18)28-14-16-6-11-21(24)22(25)12-16/h3-13,15H,14H2,1-2H3,(H,26,27). The molecule has 0 aliphatic carbocycles. The summed E-state index contributed by atoms with van der Waals surface area (Å²) in [5.74, 6) is 0.875. The molecule has 0 spiro atoms. The molecule has 0 saturated heterocycles. The van der Waals surface area contributed by atoms with E-state index in [9.17, 15) is 4.79 Å². The Kier molecular flexibility index (Phi) is 6.61. The molecular weight excluding hydrogens is 393 g/mol. The second-order valence-corrected chi connectivity index (χ2v) is 7.61. The largest absolute Gasteiger partial charge is 0.489 e. The van der Waals surface area contributed by atoms with Crippen LogP contribution in [0.15, 0.2) is 66.7 Å². The van der Waals surface area contributed by atoms with Gasteiger partial charge in [0.05, 0.1) is 10.0 Å². The molecule has 1 N–H and O–H groups in total. The molecule has 0 fully saturated rings. The number of amides is 1. The van der Waals surface area contributed by atoms with Gasteiger partial charge in [0, 0.05) is 11.3 Å². The fourth-order valence-electron chi connectivity index (χ4n) is 2.68. The van der Waals surface area contributed by atoms with E-state index in [2.05, 4.69) is 19.2 Å². The number of nitrogens with one attached hydrogen (secondary N) is 1. The summed E-state index contributed by atoms with van der Waals surface area (Å²) in [5.41, 5.74) is 3.42. The van der Waals surface area contributed by atoms with Crippen LogP contribution in [0.25, 0.3) is 0 Å². The van der Waals surface area contributed by atoms with Gasteiger partial charge in [-0.2, -0.15) is 0 Å². The minimum absolute atomic E-state index is 0.183. The maximum Gasteiger partial charge on any atom is 0.255 e. The van der Waals surface area contributed by atoms with Crippen LogP contribution in [0.5, 0.6) is 5.75 Å². The van der Waals surface area contributed by atoms with Gasteiger partial charge in [-0.25, -0.2) is 0 Å². The van der Waals surface area contributed by atoms with Crippen LogP contribution in [-0.2, 0) is 6.61 Å². The summed E-state index contributed by atoms with van der Waals surface area (Å²) < 4.78 is 5.79. The Labute approximate surface area is 175 Å². The minimum atomic E-state index is -0.183. The Morgan fingerprint density at radius 2 is 1.71 bits per heavy atom. The van der Waals surface area contributed by atoms with Crippen molar-refractivity contribution in [1.29, 1.82) is 0 Å². The van der Waals surface area contributed by atoms with Gasteiger partial charge in [0.1, 0.15) is 12.4 Å². The van der Waals surface area contributed by atoms with E-state index in [-0.39, 0.29) is 5.91 Å². The van der Waals surface area contributed by atoms with E-state index >= 15 is 0 Å². The van der Waals surface area contributed by atoms with Gasteiger partial charge in [-0.1, -0.05) is 61.3 Å². The first-order valence-electron chi connectivity index (χ1n) is 9.00. The van der Waals surface area contributed by atoms with Crippen molar-refractivity contribution in [1.82, 2.24) is 0 Å². The van der Waals surface area contributed by atoms with Crippen molar-refractivity contribution < 1.29 is 9.53 Å². The molecule has 144 valence electrons. The number of benzene rings is 3. The topological polar surface area (TPSA) is 38.3 Å². The SMILES string of the molecule is CC(C)c1ccc(NC(=O)c2cccc(OCc3ccc(Cl)c(Cl)c3)c2)cc1. The lowest BCUT2D eigenvalue weighted by molar-refractivity contribution is 0.102. The van der Waals surface area contributed by atoms with E-state index in [4.69, 9.17) is 27.9 Å².